The average Bonchev–Trinajstić information content (AvgIpc) is 2.04. The average molecular weight is 172 g/mol. The van der Waals surface area contributed by atoms with Crippen LogP contribution in [0, 0.1) is 0 Å². The van der Waals surface area contributed by atoms with Crippen LogP contribution in [0.3, 0.4) is 0 Å². The molecule has 1 rings (SSSR count). The quantitative estimate of drug-likeness (QED) is 0.577. The van der Waals surface area contributed by atoms with Crippen molar-refractivity contribution in [2.45, 2.75) is 37.8 Å². The SMILES string of the molecule is CN[C@H]1CCCC[C@@H]1NC(=O)O. The molecule has 0 aromatic heterocycles. The van der Waals surface area contributed by atoms with Gasteiger partial charge in [0.25, 0.3) is 0 Å². The molecule has 0 heterocycles. The standard InChI is InChI=1S/C8H16N2O2/c1-9-6-4-2-3-5-7(6)10-8(11)12/h6-7,9-10H,2-5H2,1H3,(H,11,12)/t6-,7-/m0/s1. The number of carboxylic acid groups (broad SMARTS) is 1. The molecule has 1 amide bonds. The Morgan fingerprint density at radius 3 is 2.42 bits per heavy atom. The Morgan fingerprint density at radius 1 is 1.33 bits per heavy atom. The van der Waals surface area contributed by atoms with Crippen LogP contribution >= 0.6 is 0 Å². The Morgan fingerprint density at radius 2 is 1.92 bits per heavy atom. The molecule has 0 radical (unpaired) electrons. The molecule has 1 aliphatic rings. The number of hydrogen-bond donors (Lipinski definition) is 3. The third-order valence-electron chi connectivity index (χ3n) is 2.45. The second-order valence-electron chi connectivity index (χ2n) is 3.24. The number of carbonyl (C=O) groups is 1. The van der Waals surface area contributed by atoms with E-state index in [4.69, 9.17) is 5.11 Å². The highest BCUT2D eigenvalue weighted by Gasteiger charge is 2.24. The summed E-state index contributed by atoms with van der Waals surface area (Å²) in [4.78, 5) is 10.4. The zero-order chi connectivity index (χ0) is 8.97. The highest BCUT2D eigenvalue weighted by atomic mass is 16.4. The van der Waals surface area contributed by atoms with Gasteiger partial charge in [-0.1, -0.05) is 12.8 Å². The van der Waals surface area contributed by atoms with Crippen molar-refractivity contribution < 1.29 is 9.90 Å². The molecule has 2 atom stereocenters. The van der Waals surface area contributed by atoms with Crippen molar-refractivity contribution in [3.63, 3.8) is 0 Å². The van der Waals surface area contributed by atoms with E-state index in [0.29, 0.717) is 6.04 Å². The lowest BCUT2D eigenvalue weighted by Gasteiger charge is -2.30. The predicted molar refractivity (Wildman–Crippen MR) is 46.3 cm³/mol. The maximum atomic E-state index is 10.4. The molecule has 1 saturated carbocycles. The third kappa shape index (κ3) is 2.37. The lowest BCUT2D eigenvalue weighted by molar-refractivity contribution is 0.180. The summed E-state index contributed by atoms with van der Waals surface area (Å²) in [5, 5.41) is 14.2. The molecule has 1 fully saturated rings. The molecule has 0 aromatic carbocycles. The van der Waals surface area contributed by atoms with E-state index in [0.717, 1.165) is 19.3 Å². The number of likely N-dealkylation sites (N-methyl/N-ethyl adjacent to an activating group) is 1. The highest BCUT2D eigenvalue weighted by molar-refractivity contribution is 5.65. The van der Waals surface area contributed by atoms with Crippen LogP contribution < -0.4 is 10.6 Å². The van der Waals surface area contributed by atoms with Crippen LogP contribution in [0.2, 0.25) is 0 Å². The van der Waals surface area contributed by atoms with Crippen LogP contribution in [0.5, 0.6) is 0 Å². The van der Waals surface area contributed by atoms with E-state index in [1.54, 1.807) is 0 Å². The topological polar surface area (TPSA) is 61.4 Å². The summed E-state index contributed by atoms with van der Waals surface area (Å²) in [5.74, 6) is 0. The molecule has 0 bridgehead atoms. The van der Waals surface area contributed by atoms with Crippen LogP contribution in [-0.4, -0.2) is 30.3 Å². The van der Waals surface area contributed by atoms with E-state index in [-0.39, 0.29) is 6.04 Å². The Labute approximate surface area is 72.3 Å². The van der Waals surface area contributed by atoms with Gasteiger partial charge in [-0.25, -0.2) is 4.79 Å². The van der Waals surface area contributed by atoms with Gasteiger partial charge in [0, 0.05) is 12.1 Å². The minimum absolute atomic E-state index is 0.0984. The fourth-order valence-electron chi connectivity index (χ4n) is 1.81. The number of hydrogen-bond acceptors (Lipinski definition) is 2. The van der Waals surface area contributed by atoms with Gasteiger partial charge in [0.2, 0.25) is 0 Å². The van der Waals surface area contributed by atoms with Crippen LogP contribution in [-0.2, 0) is 0 Å². The first-order valence-electron chi connectivity index (χ1n) is 4.40. The molecule has 0 aromatic rings. The summed E-state index contributed by atoms with van der Waals surface area (Å²) in [5.41, 5.74) is 0. The number of rotatable bonds is 2. The Hall–Kier alpha value is -0.770. The van der Waals surface area contributed by atoms with Gasteiger partial charge < -0.3 is 15.7 Å². The second-order valence-corrected chi connectivity index (χ2v) is 3.24. The first kappa shape index (κ1) is 9.32. The molecule has 3 N–H and O–H groups in total. The smallest absolute Gasteiger partial charge is 0.404 e. The molecule has 70 valence electrons. The van der Waals surface area contributed by atoms with Crippen molar-refractivity contribution in [2.75, 3.05) is 7.05 Å². The van der Waals surface area contributed by atoms with Crippen LogP contribution in [0.25, 0.3) is 0 Å². The molecule has 4 nitrogen and oxygen atoms in total. The van der Waals surface area contributed by atoms with E-state index in [1.165, 1.54) is 6.42 Å². The molecule has 0 spiro atoms. The van der Waals surface area contributed by atoms with Crippen molar-refractivity contribution in [2.24, 2.45) is 0 Å². The fourth-order valence-corrected chi connectivity index (χ4v) is 1.81. The van der Waals surface area contributed by atoms with Gasteiger partial charge in [-0.05, 0) is 19.9 Å². The Bertz CT molecular complexity index is 161. The van der Waals surface area contributed by atoms with E-state index >= 15 is 0 Å². The van der Waals surface area contributed by atoms with E-state index in [9.17, 15) is 4.79 Å². The van der Waals surface area contributed by atoms with Gasteiger partial charge in [-0.15, -0.1) is 0 Å². The van der Waals surface area contributed by atoms with Gasteiger partial charge in [-0.3, -0.25) is 0 Å². The maximum Gasteiger partial charge on any atom is 0.404 e. The summed E-state index contributed by atoms with van der Waals surface area (Å²) in [6.07, 6.45) is 3.44. The third-order valence-corrected chi connectivity index (χ3v) is 2.45. The van der Waals surface area contributed by atoms with Crippen molar-refractivity contribution in [1.29, 1.82) is 0 Å². The Balaban J connectivity index is 2.41. The summed E-state index contributed by atoms with van der Waals surface area (Å²) in [7, 11) is 1.88. The molecular formula is C8H16N2O2. The zero-order valence-electron chi connectivity index (χ0n) is 7.34. The van der Waals surface area contributed by atoms with Crippen molar-refractivity contribution in [1.82, 2.24) is 10.6 Å². The van der Waals surface area contributed by atoms with Gasteiger partial charge in [0.15, 0.2) is 0 Å². The van der Waals surface area contributed by atoms with E-state index in [2.05, 4.69) is 10.6 Å². The van der Waals surface area contributed by atoms with Crippen LogP contribution in [0.4, 0.5) is 4.79 Å². The van der Waals surface area contributed by atoms with Gasteiger partial charge in [0.1, 0.15) is 0 Å². The van der Waals surface area contributed by atoms with Crippen molar-refractivity contribution in [3.05, 3.63) is 0 Å². The molecule has 1 aliphatic carbocycles. The largest absolute Gasteiger partial charge is 0.465 e. The lowest BCUT2D eigenvalue weighted by atomic mass is 9.90. The van der Waals surface area contributed by atoms with Gasteiger partial charge >= 0.3 is 6.09 Å². The van der Waals surface area contributed by atoms with Crippen molar-refractivity contribution in [3.8, 4) is 0 Å². The summed E-state index contributed by atoms with van der Waals surface area (Å²) in [6, 6.07) is 0.413. The molecule has 12 heavy (non-hydrogen) atoms. The monoisotopic (exact) mass is 172 g/mol. The summed E-state index contributed by atoms with van der Waals surface area (Å²) < 4.78 is 0. The Kier molecular flexibility index (Phi) is 3.34. The number of nitrogens with one attached hydrogen (secondary N) is 2. The molecule has 0 saturated heterocycles. The maximum absolute atomic E-state index is 10.4. The molecule has 0 unspecified atom stereocenters. The minimum atomic E-state index is -0.915. The molecular weight excluding hydrogens is 156 g/mol. The molecule has 4 heteroatoms. The summed E-state index contributed by atoms with van der Waals surface area (Å²) >= 11 is 0. The van der Waals surface area contributed by atoms with Gasteiger partial charge in [0.05, 0.1) is 0 Å². The highest BCUT2D eigenvalue weighted by Crippen LogP contribution is 2.17. The predicted octanol–water partition coefficient (Wildman–Crippen LogP) is 0.785. The van der Waals surface area contributed by atoms with Crippen LogP contribution in [0.15, 0.2) is 0 Å². The number of amides is 1. The zero-order valence-corrected chi connectivity index (χ0v) is 7.34. The lowest BCUT2D eigenvalue weighted by Crippen LogP contribution is -2.50. The first-order valence-corrected chi connectivity index (χ1v) is 4.40. The van der Waals surface area contributed by atoms with E-state index in [1.807, 2.05) is 7.05 Å². The first-order chi connectivity index (χ1) is 5.74. The van der Waals surface area contributed by atoms with Gasteiger partial charge in [-0.2, -0.15) is 0 Å². The van der Waals surface area contributed by atoms with Crippen molar-refractivity contribution >= 4 is 6.09 Å². The normalized spacial score (nSPS) is 29.8. The van der Waals surface area contributed by atoms with Crippen LogP contribution in [0.1, 0.15) is 25.7 Å². The fraction of sp³-hybridized carbons (Fsp3) is 0.875. The van der Waals surface area contributed by atoms with E-state index < -0.39 is 6.09 Å². The second kappa shape index (κ2) is 4.30. The molecule has 0 aliphatic heterocycles. The minimum Gasteiger partial charge on any atom is -0.465 e. The summed E-state index contributed by atoms with van der Waals surface area (Å²) in [6.45, 7) is 0.